The number of phenols is 2. The van der Waals surface area contributed by atoms with E-state index in [4.69, 9.17) is 0 Å². The van der Waals surface area contributed by atoms with E-state index in [0.29, 0.717) is 5.69 Å². The highest BCUT2D eigenvalue weighted by Gasteiger charge is 2.13. The van der Waals surface area contributed by atoms with Crippen molar-refractivity contribution in [1.29, 1.82) is 0 Å². The smallest absolute Gasteiger partial charge is 0.319 e. The molecule has 0 aliphatic heterocycles. The Morgan fingerprint density at radius 3 is 2.06 bits per heavy atom. The molecule has 0 saturated carbocycles. The van der Waals surface area contributed by atoms with Gasteiger partial charge in [0.1, 0.15) is 11.5 Å². The molecular weight excluding hydrogens is 208 g/mol. The van der Waals surface area contributed by atoms with Crippen LogP contribution in [0.2, 0.25) is 0 Å². The van der Waals surface area contributed by atoms with E-state index in [1.807, 2.05) is 20.8 Å². The summed E-state index contributed by atoms with van der Waals surface area (Å²) < 4.78 is 0. The molecule has 0 heterocycles. The number of carbonyl (C=O) groups is 1. The SMILES string of the molecule is CC(C)(C)NC(=O)Nc1cc(O)cc(O)c1. The number of anilines is 1. The summed E-state index contributed by atoms with van der Waals surface area (Å²) in [6.07, 6.45) is 0. The summed E-state index contributed by atoms with van der Waals surface area (Å²) in [4.78, 5) is 11.5. The highest BCUT2D eigenvalue weighted by Crippen LogP contribution is 2.23. The van der Waals surface area contributed by atoms with Gasteiger partial charge in [0.15, 0.2) is 0 Å². The molecule has 0 aromatic heterocycles. The van der Waals surface area contributed by atoms with Gasteiger partial charge < -0.3 is 20.8 Å². The zero-order valence-corrected chi connectivity index (χ0v) is 9.53. The van der Waals surface area contributed by atoms with E-state index in [2.05, 4.69) is 10.6 Å². The van der Waals surface area contributed by atoms with Crippen molar-refractivity contribution in [2.24, 2.45) is 0 Å². The first-order chi connectivity index (χ1) is 7.26. The van der Waals surface area contributed by atoms with Crippen LogP contribution in [0, 0.1) is 0 Å². The largest absolute Gasteiger partial charge is 0.508 e. The van der Waals surface area contributed by atoms with Gasteiger partial charge in [0, 0.05) is 29.4 Å². The van der Waals surface area contributed by atoms with Crippen molar-refractivity contribution in [2.45, 2.75) is 26.3 Å². The van der Waals surface area contributed by atoms with Gasteiger partial charge in [-0.25, -0.2) is 4.79 Å². The average Bonchev–Trinajstić information content (AvgIpc) is 1.96. The molecule has 4 N–H and O–H groups in total. The van der Waals surface area contributed by atoms with E-state index in [1.54, 1.807) is 0 Å². The van der Waals surface area contributed by atoms with Gasteiger partial charge in [0.25, 0.3) is 0 Å². The minimum Gasteiger partial charge on any atom is -0.508 e. The van der Waals surface area contributed by atoms with Crippen LogP contribution >= 0.6 is 0 Å². The lowest BCUT2D eigenvalue weighted by molar-refractivity contribution is 0.244. The van der Waals surface area contributed by atoms with E-state index in [-0.39, 0.29) is 17.0 Å². The van der Waals surface area contributed by atoms with Crippen molar-refractivity contribution in [1.82, 2.24) is 5.32 Å². The molecule has 1 rings (SSSR count). The van der Waals surface area contributed by atoms with Crippen molar-refractivity contribution < 1.29 is 15.0 Å². The lowest BCUT2D eigenvalue weighted by Gasteiger charge is -2.20. The van der Waals surface area contributed by atoms with Gasteiger partial charge in [-0.05, 0) is 20.8 Å². The predicted octanol–water partition coefficient (Wildman–Crippen LogP) is 2.02. The molecule has 1 aromatic rings. The molecule has 88 valence electrons. The second kappa shape index (κ2) is 4.30. The van der Waals surface area contributed by atoms with Gasteiger partial charge in [-0.1, -0.05) is 0 Å². The number of nitrogens with one attached hydrogen (secondary N) is 2. The minimum atomic E-state index is -0.391. The number of hydrogen-bond acceptors (Lipinski definition) is 3. The Hall–Kier alpha value is -1.91. The van der Waals surface area contributed by atoms with Crippen LogP contribution in [-0.2, 0) is 0 Å². The first kappa shape index (κ1) is 12.2. The number of hydrogen-bond donors (Lipinski definition) is 4. The number of amides is 2. The van der Waals surface area contributed by atoms with Crippen LogP contribution in [0.4, 0.5) is 10.5 Å². The third-order valence-corrected chi connectivity index (χ3v) is 1.65. The molecular formula is C11H16N2O3. The average molecular weight is 224 g/mol. The molecule has 5 nitrogen and oxygen atoms in total. The van der Waals surface area contributed by atoms with E-state index in [0.717, 1.165) is 0 Å². The molecule has 5 heteroatoms. The quantitative estimate of drug-likeness (QED) is 0.589. The monoisotopic (exact) mass is 224 g/mol. The fourth-order valence-corrected chi connectivity index (χ4v) is 1.17. The van der Waals surface area contributed by atoms with E-state index >= 15 is 0 Å². The van der Waals surface area contributed by atoms with Crippen molar-refractivity contribution in [2.75, 3.05) is 5.32 Å². The molecule has 0 bridgehead atoms. The Labute approximate surface area is 94.1 Å². The maximum Gasteiger partial charge on any atom is 0.319 e. The third kappa shape index (κ3) is 4.08. The number of rotatable bonds is 1. The highest BCUT2D eigenvalue weighted by molar-refractivity contribution is 5.90. The molecule has 2 amide bonds. The maximum absolute atomic E-state index is 11.5. The summed E-state index contributed by atoms with van der Waals surface area (Å²) in [5.41, 5.74) is -0.0117. The zero-order valence-electron chi connectivity index (χ0n) is 9.53. The van der Waals surface area contributed by atoms with Crippen molar-refractivity contribution in [3.8, 4) is 11.5 Å². The van der Waals surface area contributed by atoms with Crippen LogP contribution in [0.3, 0.4) is 0 Å². The van der Waals surface area contributed by atoms with Crippen molar-refractivity contribution >= 4 is 11.7 Å². The van der Waals surface area contributed by atoms with Crippen LogP contribution in [-0.4, -0.2) is 21.8 Å². The topological polar surface area (TPSA) is 81.6 Å². The third-order valence-electron chi connectivity index (χ3n) is 1.65. The Balaban J connectivity index is 2.70. The van der Waals surface area contributed by atoms with E-state index in [1.165, 1.54) is 18.2 Å². The zero-order chi connectivity index (χ0) is 12.3. The first-order valence-electron chi connectivity index (χ1n) is 4.88. The van der Waals surface area contributed by atoms with Gasteiger partial charge in [-0.2, -0.15) is 0 Å². The molecule has 16 heavy (non-hydrogen) atoms. The molecule has 0 radical (unpaired) electrons. The van der Waals surface area contributed by atoms with E-state index < -0.39 is 6.03 Å². The fraction of sp³-hybridized carbons (Fsp3) is 0.364. The van der Waals surface area contributed by atoms with Gasteiger partial charge in [0.05, 0.1) is 0 Å². The Morgan fingerprint density at radius 2 is 1.62 bits per heavy atom. The summed E-state index contributed by atoms with van der Waals surface area (Å²) >= 11 is 0. The second-order valence-corrected chi connectivity index (χ2v) is 4.57. The molecule has 1 aromatic carbocycles. The maximum atomic E-state index is 11.5. The minimum absolute atomic E-state index is 0.106. The summed E-state index contributed by atoms with van der Waals surface area (Å²) in [5.74, 6) is -0.211. The summed E-state index contributed by atoms with van der Waals surface area (Å²) in [5, 5.41) is 23.6. The van der Waals surface area contributed by atoms with Crippen LogP contribution in [0.15, 0.2) is 18.2 Å². The van der Waals surface area contributed by atoms with Crippen molar-refractivity contribution in [3.63, 3.8) is 0 Å². The molecule has 0 saturated heterocycles. The van der Waals surface area contributed by atoms with Gasteiger partial charge in [0.2, 0.25) is 0 Å². The van der Waals surface area contributed by atoms with Gasteiger partial charge >= 0.3 is 6.03 Å². The normalized spacial score (nSPS) is 10.9. The number of carbonyl (C=O) groups excluding carboxylic acids is 1. The molecule has 0 aliphatic rings. The number of aromatic hydroxyl groups is 2. The lowest BCUT2D eigenvalue weighted by atomic mass is 10.1. The molecule has 0 unspecified atom stereocenters. The number of urea groups is 1. The Kier molecular flexibility index (Phi) is 3.27. The summed E-state index contributed by atoms with van der Waals surface area (Å²) in [6.45, 7) is 5.56. The highest BCUT2D eigenvalue weighted by atomic mass is 16.3. The predicted molar refractivity (Wildman–Crippen MR) is 61.7 cm³/mol. The van der Waals surface area contributed by atoms with Crippen LogP contribution < -0.4 is 10.6 Å². The van der Waals surface area contributed by atoms with Gasteiger partial charge in [-0.3, -0.25) is 0 Å². The van der Waals surface area contributed by atoms with Crippen LogP contribution in [0.1, 0.15) is 20.8 Å². The summed E-state index contributed by atoms with van der Waals surface area (Å²) in [6, 6.07) is 3.49. The molecule has 0 atom stereocenters. The van der Waals surface area contributed by atoms with Gasteiger partial charge in [-0.15, -0.1) is 0 Å². The van der Waals surface area contributed by atoms with Crippen LogP contribution in [0.25, 0.3) is 0 Å². The second-order valence-electron chi connectivity index (χ2n) is 4.57. The first-order valence-corrected chi connectivity index (χ1v) is 4.88. The lowest BCUT2D eigenvalue weighted by Crippen LogP contribution is -2.43. The van der Waals surface area contributed by atoms with E-state index in [9.17, 15) is 15.0 Å². The van der Waals surface area contributed by atoms with Crippen LogP contribution in [0.5, 0.6) is 11.5 Å². The number of benzene rings is 1. The van der Waals surface area contributed by atoms with Crippen molar-refractivity contribution in [3.05, 3.63) is 18.2 Å². The number of phenolic OH excluding ortho intramolecular Hbond substituents is 2. The standard InChI is InChI=1S/C11H16N2O3/c1-11(2,3)13-10(16)12-7-4-8(14)6-9(15)5-7/h4-6,14-15H,1-3H3,(H2,12,13,16). The Bertz CT molecular complexity index is 376. The fourth-order valence-electron chi connectivity index (χ4n) is 1.17. The molecule has 0 spiro atoms. The molecule has 0 fully saturated rings. The molecule has 0 aliphatic carbocycles. The Morgan fingerprint density at radius 1 is 1.12 bits per heavy atom. The summed E-state index contributed by atoms with van der Waals surface area (Å²) in [7, 11) is 0.